The number of ketones is 1. The Kier molecular flexibility index (Phi) is 4.66. The van der Waals surface area contributed by atoms with Crippen LogP contribution >= 0.6 is 0 Å². The van der Waals surface area contributed by atoms with Crippen LogP contribution in [0.25, 0.3) is 0 Å². The first-order valence-corrected chi connectivity index (χ1v) is 9.05. The van der Waals surface area contributed by atoms with Crippen molar-refractivity contribution in [1.82, 2.24) is 0 Å². The van der Waals surface area contributed by atoms with Gasteiger partial charge in [0.15, 0.2) is 0 Å². The molecule has 0 saturated heterocycles. The van der Waals surface area contributed by atoms with Crippen molar-refractivity contribution in [2.45, 2.75) is 58.8 Å². The number of anilines is 1. The van der Waals surface area contributed by atoms with E-state index in [0.717, 1.165) is 36.1 Å². The van der Waals surface area contributed by atoms with Crippen molar-refractivity contribution < 1.29 is 14.7 Å². The van der Waals surface area contributed by atoms with Crippen molar-refractivity contribution in [3.8, 4) is 5.75 Å². The van der Waals surface area contributed by atoms with Gasteiger partial charge in [0.2, 0.25) is 5.91 Å². The predicted octanol–water partition coefficient (Wildman–Crippen LogP) is 4.16. The Morgan fingerprint density at radius 3 is 2.42 bits per heavy atom. The second-order valence-electron chi connectivity index (χ2n) is 7.77. The molecule has 0 aliphatic heterocycles. The van der Waals surface area contributed by atoms with E-state index in [1.54, 1.807) is 6.07 Å². The van der Waals surface area contributed by atoms with Gasteiger partial charge in [-0.3, -0.25) is 9.59 Å². The molecule has 2 atom stereocenters. The number of carbonyl (C=O) groups is 2. The van der Waals surface area contributed by atoms with E-state index in [1.165, 1.54) is 0 Å². The van der Waals surface area contributed by atoms with Crippen LogP contribution in [0.5, 0.6) is 5.75 Å². The Morgan fingerprint density at radius 2 is 1.83 bits per heavy atom. The molecule has 2 aliphatic carbocycles. The molecular weight excluding hydrogens is 302 g/mol. The second-order valence-corrected chi connectivity index (χ2v) is 7.77. The van der Waals surface area contributed by atoms with Crippen LogP contribution in [-0.2, 0) is 9.59 Å². The summed E-state index contributed by atoms with van der Waals surface area (Å²) < 4.78 is 0. The molecule has 4 heteroatoms. The monoisotopic (exact) mass is 329 g/mol. The van der Waals surface area contributed by atoms with Crippen molar-refractivity contribution in [2.75, 3.05) is 5.32 Å². The Bertz CT molecular complexity index is 649. The van der Waals surface area contributed by atoms with Crippen molar-refractivity contribution in [1.29, 1.82) is 0 Å². The van der Waals surface area contributed by atoms with E-state index in [4.69, 9.17) is 0 Å². The molecule has 2 unspecified atom stereocenters. The maximum Gasteiger partial charge on any atom is 0.227 e. The first kappa shape index (κ1) is 17.0. The van der Waals surface area contributed by atoms with Gasteiger partial charge in [0, 0.05) is 23.4 Å². The maximum absolute atomic E-state index is 12.7. The molecule has 0 spiro atoms. The number of rotatable bonds is 3. The molecule has 130 valence electrons. The van der Waals surface area contributed by atoms with Gasteiger partial charge in [-0.1, -0.05) is 20.3 Å². The summed E-state index contributed by atoms with van der Waals surface area (Å²) in [5, 5.41) is 13.1. The van der Waals surface area contributed by atoms with Gasteiger partial charge in [-0.2, -0.15) is 0 Å². The zero-order valence-electron chi connectivity index (χ0n) is 14.8. The molecule has 2 fully saturated rings. The zero-order chi connectivity index (χ0) is 17.4. The highest BCUT2D eigenvalue weighted by Crippen LogP contribution is 2.40. The van der Waals surface area contributed by atoms with Gasteiger partial charge >= 0.3 is 0 Å². The Hall–Kier alpha value is -1.84. The molecule has 2 aliphatic rings. The van der Waals surface area contributed by atoms with Gasteiger partial charge in [0.1, 0.15) is 11.5 Å². The van der Waals surface area contributed by atoms with E-state index in [0.29, 0.717) is 18.6 Å². The number of nitrogens with one attached hydrogen (secondary N) is 1. The highest BCUT2D eigenvalue weighted by molar-refractivity contribution is 5.95. The van der Waals surface area contributed by atoms with Gasteiger partial charge in [-0.25, -0.2) is 0 Å². The minimum Gasteiger partial charge on any atom is -0.508 e. The molecule has 0 aromatic heterocycles. The van der Waals surface area contributed by atoms with Gasteiger partial charge in [0.25, 0.3) is 0 Å². The standard InChI is InChI=1S/C20H27NO3/c1-11(2)16-10-17(12(3)7-18(16)22)21-20(24)15-8-13-5-4-6-14(9-15)19(13)23/h7,10-11,13-15,22H,4-6,8-9H2,1-3H3,(H,21,24). The number of benzene rings is 1. The molecule has 1 aromatic rings. The minimum absolute atomic E-state index is 0.0166. The summed E-state index contributed by atoms with van der Waals surface area (Å²) in [6.07, 6.45) is 4.37. The lowest BCUT2D eigenvalue weighted by Crippen LogP contribution is -2.40. The first-order chi connectivity index (χ1) is 11.4. The lowest BCUT2D eigenvalue weighted by molar-refractivity contribution is -0.136. The average molecular weight is 329 g/mol. The van der Waals surface area contributed by atoms with E-state index in [1.807, 2.05) is 26.8 Å². The smallest absolute Gasteiger partial charge is 0.227 e. The van der Waals surface area contributed by atoms with E-state index in [-0.39, 0.29) is 35.3 Å². The number of hydrogen-bond donors (Lipinski definition) is 2. The number of carbonyl (C=O) groups excluding carboxylic acids is 2. The first-order valence-electron chi connectivity index (χ1n) is 9.05. The average Bonchev–Trinajstić information content (AvgIpc) is 2.49. The largest absolute Gasteiger partial charge is 0.508 e. The molecule has 0 heterocycles. The number of Topliss-reactive ketones (excluding diaryl/α,β-unsaturated/α-hetero) is 1. The van der Waals surface area contributed by atoms with Crippen LogP contribution < -0.4 is 5.32 Å². The van der Waals surface area contributed by atoms with Gasteiger partial charge in [-0.15, -0.1) is 0 Å². The zero-order valence-corrected chi connectivity index (χ0v) is 14.8. The Labute approximate surface area is 143 Å². The summed E-state index contributed by atoms with van der Waals surface area (Å²) in [5.74, 6) is 0.955. The summed E-state index contributed by atoms with van der Waals surface area (Å²) in [6.45, 7) is 5.92. The predicted molar refractivity (Wildman–Crippen MR) is 94.1 cm³/mol. The van der Waals surface area contributed by atoms with Crippen molar-refractivity contribution >= 4 is 17.4 Å². The van der Waals surface area contributed by atoms with Crippen LogP contribution in [0.3, 0.4) is 0 Å². The SMILES string of the molecule is Cc1cc(O)c(C(C)C)cc1NC(=O)C1CC2CCCC(C1)C2=O. The molecule has 1 amide bonds. The second kappa shape index (κ2) is 6.58. The third-order valence-corrected chi connectivity index (χ3v) is 5.67. The summed E-state index contributed by atoms with van der Waals surface area (Å²) in [5.41, 5.74) is 2.47. The number of phenolic OH excluding ortho intramolecular Hbond substituents is 1. The van der Waals surface area contributed by atoms with Crippen molar-refractivity contribution in [3.05, 3.63) is 23.3 Å². The lowest BCUT2D eigenvalue weighted by atomic mass is 9.67. The third kappa shape index (κ3) is 3.19. The molecule has 0 radical (unpaired) electrons. The molecule has 2 bridgehead atoms. The Balaban J connectivity index is 1.76. The van der Waals surface area contributed by atoms with E-state index in [9.17, 15) is 14.7 Å². The molecular formula is C20H27NO3. The fourth-order valence-corrected chi connectivity index (χ4v) is 4.24. The number of aryl methyl sites for hydroxylation is 1. The van der Waals surface area contributed by atoms with E-state index in [2.05, 4.69) is 5.32 Å². The third-order valence-electron chi connectivity index (χ3n) is 5.67. The van der Waals surface area contributed by atoms with Crippen LogP contribution in [0.1, 0.15) is 63.0 Å². The molecule has 24 heavy (non-hydrogen) atoms. The number of hydrogen-bond acceptors (Lipinski definition) is 3. The quantitative estimate of drug-likeness (QED) is 0.818. The molecule has 3 rings (SSSR count). The van der Waals surface area contributed by atoms with Crippen LogP contribution in [0.4, 0.5) is 5.69 Å². The summed E-state index contributed by atoms with van der Waals surface area (Å²) in [4.78, 5) is 24.9. The number of fused-ring (bicyclic) bond motifs is 2. The highest BCUT2D eigenvalue weighted by atomic mass is 16.3. The molecule has 4 nitrogen and oxygen atoms in total. The van der Waals surface area contributed by atoms with Crippen LogP contribution in [-0.4, -0.2) is 16.8 Å². The van der Waals surface area contributed by atoms with Crippen molar-refractivity contribution in [2.24, 2.45) is 17.8 Å². The summed E-state index contributed by atoms with van der Waals surface area (Å²) >= 11 is 0. The summed E-state index contributed by atoms with van der Waals surface area (Å²) in [7, 11) is 0. The maximum atomic E-state index is 12.7. The van der Waals surface area contributed by atoms with Gasteiger partial charge in [-0.05, 0) is 61.8 Å². The minimum atomic E-state index is -0.0753. The molecule has 1 aromatic carbocycles. The number of phenols is 1. The fraction of sp³-hybridized carbons (Fsp3) is 0.600. The fourth-order valence-electron chi connectivity index (χ4n) is 4.24. The number of aromatic hydroxyl groups is 1. The Morgan fingerprint density at radius 1 is 1.21 bits per heavy atom. The normalized spacial score (nSPS) is 26.5. The topological polar surface area (TPSA) is 66.4 Å². The van der Waals surface area contributed by atoms with Gasteiger partial charge < -0.3 is 10.4 Å². The molecule has 2 N–H and O–H groups in total. The van der Waals surface area contributed by atoms with Crippen LogP contribution in [0.15, 0.2) is 12.1 Å². The highest BCUT2D eigenvalue weighted by Gasteiger charge is 2.41. The van der Waals surface area contributed by atoms with E-state index < -0.39 is 0 Å². The van der Waals surface area contributed by atoms with Crippen LogP contribution in [0.2, 0.25) is 0 Å². The van der Waals surface area contributed by atoms with Gasteiger partial charge in [0.05, 0.1) is 0 Å². The lowest BCUT2D eigenvalue weighted by Gasteiger charge is -2.37. The summed E-state index contributed by atoms with van der Waals surface area (Å²) in [6, 6.07) is 3.59. The van der Waals surface area contributed by atoms with Crippen molar-refractivity contribution in [3.63, 3.8) is 0 Å². The van der Waals surface area contributed by atoms with Crippen LogP contribution in [0, 0.1) is 24.7 Å². The van der Waals surface area contributed by atoms with E-state index >= 15 is 0 Å². The number of amides is 1. The molecule has 2 saturated carbocycles.